The molecule has 0 fully saturated rings. The van der Waals surface area contributed by atoms with Crippen LogP contribution in [0, 0.1) is 6.92 Å². The predicted octanol–water partition coefficient (Wildman–Crippen LogP) is 4.53. The van der Waals surface area contributed by atoms with Crippen LogP contribution in [-0.2, 0) is 11.0 Å². The molecule has 0 spiro atoms. The first-order valence-corrected chi connectivity index (χ1v) is 11.2. The predicted molar refractivity (Wildman–Crippen MR) is 118 cm³/mol. The van der Waals surface area contributed by atoms with Gasteiger partial charge in [-0.3, -0.25) is 0 Å². The Morgan fingerprint density at radius 1 is 0.852 bits per heavy atom. The van der Waals surface area contributed by atoms with Crippen LogP contribution in [0.3, 0.4) is 0 Å². The summed E-state index contributed by atoms with van der Waals surface area (Å²) >= 11 is 0. The highest BCUT2D eigenvalue weighted by atomic mass is 28.4. The second-order valence-electron chi connectivity index (χ2n) is 7.98. The molecule has 0 saturated heterocycles. The van der Waals surface area contributed by atoms with Gasteiger partial charge in [-0.1, -0.05) is 87.5 Å². The number of nitrogens with two attached hydrogens (primary N) is 1. The van der Waals surface area contributed by atoms with Crippen LogP contribution in [-0.4, -0.2) is 8.32 Å². The average Bonchev–Trinajstić information content (AvgIpc) is 2.64. The van der Waals surface area contributed by atoms with E-state index in [4.69, 9.17) is 10.2 Å². The lowest BCUT2D eigenvalue weighted by atomic mass is 10.1. The van der Waals surface area contributed by atoms with Crippen LogP contribution in [0.2, 0.25) is 5.04 Å². The molecule has 0 amide bonds. The maximum absolute atomic E-state index is 6.93. The first-order valence-electron chi connectivity index (χ1n) is 9.30. The second kappa shape index (κ2) is 7.71. The molecule has 0 aromatic heterocycles. The van der Waals surface area contributed by atoms with Crippen molar-refractivity contribution in [3.8, 4) is 0 Å². The summed E-state index contributed by atoms with van der Waals surface area (Å²) in [6.07, 6.45) is 0. The SMILES string of the molecule is [CH2]c1cc(N)ccc1CO[Si](c1ccccc1)(c1ccccc1)C(C)(C)C. The minimum absolute atomic E-state index is 0.0369. The van der Waals surface area contributed by atoms with E-state index in [0.29, 0.717) is 6.61 Å². The van der Waals surface area contributed by atoms with Gasteiger partial charge in [-0.15, -0.1) is 0 Å². The Morgan fingerprint density at radius 3 is 1.81 bits per heavy atom. The van der Waals surface area contributed by atoms with Crippen LogP contribution < -0.4 is 16.1 Å². The molecule has 3 aromatic rings. The molecule has 3 aromatic carbocycles. The minimum Gasteiger partial charge on any atom is -0.403 e. The Hall–Kier alpha value is -2.36. The van der Waals surface area contributed by atoms with Gasteiger partial charge in [-0.05, 0) is 45.6 Å². The van der Waals surface area contributed by atoms with Crippen LogP contribution in [0.5, 0.6) is 0 Å². The molecule has 0 atom stereocenters. The van der Waals surface area contributed by atoms with E-state index in [1.165, 1.54) is 10.4 Å². The molecule has 0 aliphatic rings. The van der Waals surface area contributed by atoms with E-state index in [0.717, 1.165) is 16.8 Å². The Bertz CT molecular complexity index is 846. The highest BCUT2D eigenvalue weighted by Gasteiger charge is 2.50. The van der Waals surface area contributed by atoms with Crippen molar-refractivity contribution in [2.75, 3.05) is 5.73 Å². The quantitative estimate of drug-likeness (QED) is 0.526. The molecule has 2 N–H and O–H groups in total. The molecule has 2 nitrogen and oxygen atoms in total. The van der Waals surface area contributed by atoms with Crippen molar-refractivity contribution in [2.24, 2.45) is 0 Å². The average molecular weight is 375 g/mol. The molecule has 0 saturated carbocycles. The Balaban J connectivity index is 2.12. The first kappa shape index (κ1) is 19.4. The van der Waals surface area contributed by atoms with E-state index in [1.54, 1.807) is 0 Å². The van der Waals surface area contributed by atoms with Crippen molar-refractivity contribution in [1.29, 1.82) is 0 Å². The van der Waals surface area contributed by atoms with Gasteiger partial charge in [0.15, 0.2) is 0 Å². The zero-order chi connectivity index (χ0) is 19.5. The van der Waals surface area contributed by atoms with Gasteiger partial charge in [0.1, 0.15) is 0 Å². The fourth-order valence-corrected chi connectivity index (χ4v) is 8.26. The van der Waals surface area contributed by atoms with Crippen molar-refractivity contribution in [2.45, 2.75) is 32.4 Å². The van der Waals surface area contributed by atoms with E-state index in [1.807, 2.05) is 18.2 Å². The lowest BCUT2D eigenvalue weighted by Gasteiger charge is -2.43. The summed E-state index contributed by atoms with van der Waals surface area (Å²) in [6, 6.07) is 27.2. The lowest BCUT2D eigenvalue weighted by Crippen LogP contribution is -2.66. The Labute approximate surface area is 164 Å². The first-order chi connectivity index (χ1) is 12.8. The van der Waals surface area contributed by atoms with Gasteiger partial charge in [0.05, 0.1) is 6.61 Å². The third-order valence-electron chi connectivity index (χ3n) is 5.09. The van der Waals surface area contributed by atoms with Crippen LogP contribution in [0.4, 0.5) is 5.69 Å². The van der Waals surface area contributed by atoms with E-state index < -0.39 is 8.32 Å². The van der Waals surface area contributed by atoms with E-state index in [2.05, 4.69) is 88.4 Å². The van der Waals surface area contributed by atoms with Crippen LogP contribution in [0.1, 0.15) is 31.9 Å². The summed E-state index contributed by atoms with van der Waals surface area (Å²) in [6.45, 7) is 11.5. The number of rotatable bonds is 5. The van der Waals surface area contributed by atoms with Crippen LogP contribution >= 0.6 is 0 Å². The van der Waals surface area contributed by atoms with Crippen LogP contribution in [0.25, 0.3) is 0 Å². The minimum atomic E-state index is -2.53. The number of benzene rings is 3. The summed E-state index contributed by atoms with van der Waals surface area (Å²) in [5.74, 6) is 0. The number of hydrogen-bond donors (Lipinski definition) is 1. The maximum Gasteiger partial charge on any atom is 0.261 e. The molecular formula is C24H28NOSi. The molecule has 0 aliphatic heterocycles. The fraction of sp³-hybridized carbons (Fsp3) is 0.208. The standard InChI is InChI=1S/C24H28NOSi/c1-19-17-21(25)16-15-20(19)18-26-27(24(2,3)4,22-11-7-5-8-12-22)23-13-9-6-10-14-23/h5-17H,1,18,25H2,2-4H3. The zero-order valence-electron chi connectivity index (χ0n) is 16.4. The van der Waals surface area contributed by atoms with Gasteiger partial charge in [0.2, 0.25) is 0 Å². The Morgan fingerprint density at radius 2 is 1.37 bits per heavy atom. The molecule has 3 rings (SSSR count). The van der Waals surface area contributed by atoms with Gasteiger partial charge >= 0.3 is 0 Å². The third kappa shape index (κ3) is 3.85. The van der Waals surface area contributed by atoms with Crippen molar-refractivity contribution >= 4 is 24.4 Å². The molecule has 0 aliphatic carbocycles. The van der Waals surface area contributed by atoms with Crippen molar-refractivity contribution in [1.82, 2.24) is 0 Å². The summed E-state index contributed by atoms with van der Waals surface area (Å²) in [5, 5.41) is 2.53. The fourth-order valence-electron chi connectivity index (χ4n) is 3.73. The van der Waals surface area contributed by atoms with E-state index in [9.17, 15) is 0 Å². The topological polar surface area (TPSA) is 35.2 Å². The van der Waals surface area contributed by atoms with Gasteiger partial charge in [0, 0.05) is 5.69 Å². The number of anilines is 1. The van der Waals surface area contributed by atoms with Gasteiger partial charge in [-0.2, -0.15) is 0 Å². The largest absolute Gasteiger partial charge is 0.403 e. The van der Waals surface area contributed by atoms with Crippen molar-refractivity contribution in [3.63, 3.8) is 0 Å². The van der Waals surface area contributed by atoms with Crippen molar-refractivity contribution in [3.05, 3.63) is 96.9 Å². The molecule has 27 heavy (non-hydrogen) atoms. The van der Waals surface area contributed by atoms with Gasteiger partial charge in [-0.25, -0.2) is 0 Å². The molecule has 1 radical (unpaired) electrons. The maximum atomic E-state index is 6.93. The Kier molecular flexibility index (Phi) is 5.54. The molecule has 3 heteroatoms. The number of hydrogen-bond acceptors (Lipinski definition) is 2. The highest BCUT2D eigenvalue weighted by molar-refractivity contribution is 6.99. The van der Waals surface area contributed by atoms with Gasteiger partial charge in [0.25, 0.3) is 8.32 Å². The van der Waals surface area contributed by atoms with E-state index in [-0.39, 0.29) is 5.04 Å². The summed E-state index contributed by atoms with van der Waals surface area (Å²) in [5.41, 5.74) is 8.62. The molecular weight excluding hydrogens is 346 g/mol. The monoisotopic (exact) mass is 374 g/mol. The third-order valence-corrected chi connectivity index (χ3v) is 10.1. The number of nitrogen functional groups attached to an aromatic ring is 1. The zero-order valence-corrected chi connectivity index (χ0v) is 17.4. The highest BCUT2D eigenvalue weighted by Crippen LogP contribution is 2.37. The molecule has 0 heterocycles. The molecule has 0 unspecified atom stereocenters. The van der Waals surface area contributed by atoms with Gasteiger partial charge < -0.3 is 10.2 Å². The summed E-state index contributed by atoms with van der Waals surface area (Å²) in [7, 11) is -2.53. The normalized spacial score (nSPS) is 12.1. The summed E-state index contributed by atoms with van der Waals surface area (Å²) in [4.78, 5) is 0. The second-order valence-corrected chi connectivity index (χ2v) is 12.3. The molecule has 0 bridgehead atoms. The smallest absolute Gasteiger partial charge is 0.261 e. The van der Waals surface area contributed by atoms with Crippen LogP contribution in [0.15, 0.2) is 78.9 Å². The van der Waals surface area contributed by atoms with Crippen molar-refractivity contribution < 1.29 is 4.43 Å². The summed E-state index contributed by atoms with van der Waals surface area (Å²) < 4.78 is 6.93. The van der Waals surface area contributed by atoms with E-state index >= 15 is 0 Å². The molecule has 139 valence electrons. The lowest BCUT2D eigenvalue weighted by molar-refractivity contribution is 0.286.